The Morgan fingerprint density at radius 3 is 2.90 bits per heavy atom. The molecule has 3 fully saturated rings. The van der Waals surface area contributed by atoms with Gasteiger partial charge in [0.2, 0.25) is 0 Å². The number of fused-ring (bicyclic) bond motifs is 5. The molecule has 21 heavy (non-hydrogen) atoms. The Labute approximate surface area is 127 Å². The smallest absolute Gasteiger partial charge is 0.156 e. The fraction of sp³-hybridized carbons (Fsp3) is 0.789. The van der Waals surface area contributed by atoms with Crippen LogP contribution in [0.5, 0.6) is 0 Å². The summed E-state index contributed by atoms with van der Waals surface area (Å²) in [7, 11) is 0. The van der Waals surface area contributed by atoms with Gasteiger partial charge in [0.25, 0.3) is 0 Å². The highest BCUT2D eigenvalue weighted by atomic mass is 16.1. The molecule has 0 aromatic rings. The third-order valence-corrected chi connectivity index (χ3v) is 7.30. The van der Waals surface area contributed by atoms with Crippen LogP contribution in [0.1, 0.15) is 58.3 Å². The highest BCUT2D eigenvalue weighted by Crippen LogP contribution is 2.62. The average Bonchev–Trinajstić information content (AvgIpc) is 2.87. The minimum Gasteiger partial charge on any atom is -0.295 e. The molecule has 0 aromatic heterocycles. The van der Waals surface area contributed by atoms with Gasteiger partial charge >= 0.3 is 0 Å². The number of ketones is 1. The monoisotopic (exact) mass is 283 g/mol. The predicted molar refractivity (Wildman–Crippen MR) is 81.2 cm³/mol. The third kappa shape index (κ3) is 1.93. The topological polar surface area (TPSA) is 40.9 Å². The van der Waals surface area contributed by atoms with E-state index in [-0.39, 0.29) is 11.7 Å². The summed E-state index contributed by atoms with van der Waals surface area (Å²) in [5.41, 5.74) is 1.90. The summed E-state index contributed by atoms with van der Waals surface area (Å²) in [6.07, 6.45) is 11.5. The first-order chi connectivity index (χ1) is 10.1. The average molecular weight is 283 g/mol. The lowest BCUT2D eigenvalue weighted by Crippen LogP contribution is -2.46. The van der Waals surface area contributed by atoms with Crippen molar-refractivity contribution >= 4 is 5.78 Å². The van der Waals surface area contributed by atoms with E-state index in [0.29, 0.717) is 23.7 Å². The second kappa shape index (κ2) is 4.70. The standard InChI is InChI=1S/C19H25NO/c1-19-7-2-3-17(19)15-5-4-12-9-14(21)10-13(11-20)18(12)16(15)6-8-19/h9,13,15-18H,2-8,10H2,1H3/t13?,15-,16+,17+,18-,19+/m1/s1. The number of rotatable bonds is 0. The van der Waals surface area contributed by atoms with E-state index >= 15 is 0 Å². The Morgan fingerprint density at radius 1 is 1.24 bits per heavy atom. The van der Waals surface area contributed by atoms with Crippen LogP contribution in [-0.4, -0.2) is 5.78 Å². The van der Waals surface area contributed by atoms with Crippen molar-refractivity contribution in [1.29, 1.82) is 5.26 Å². The summed E-state index contributed by atoms with van der Waals surface area (Å²) in [5.74, 6) is 2.92. The fourth-order valence-corrected chi connectivity index (χ4v) is 6.41. The van der Waals surface area contributed by atoms with Crippen molar-refractivity contribution < 1.29 is 4.79 Å². The summed E-state index contributed by atoms with van der Waals surface area (Å²) in [4.78, 5) is 11.9. The van der Waals surface area contributed by atoms with Crippen molar-refractivity contribution in [2.45, 2.75) is 58.3 Å². The van der Waals surface area contributed by atoms with E-state index in [1.165, 1.54) is 44.1 Å². The van der Waals surface area contributed by atoms with E-state index in [1.54, 1.807) is 0 Å². The van der Waals surface area contributed by atoms with E-state index < -0.39 is 0 Å². The Hall–Kier alpha value is -1.10. The van der Waals surface area contributed by atoms with Crippen LogP contribution in [0.4, 0.5) is 0 Å². The summed E-state index contributed by atoms with van der Waals surface area (Å²) in [6.45, 7) is 2.51. The second-order valence-corrected chi connectivity index (χ2v) is 8.21. The molecule has 0 aliphatic heterocycles. The van der Waals surface area contributed by atoms with Crippen molar-refractivity contribution in [3.05, 3.63) is 11.6 Å². The van der Waals surface area contributed by atoms with Crippen molar-refractivity contribution in [2.24, 2.45) is 35.0 Å². The van der Waals surface area contributed by atoms with Crippen LogP contribution in [0, 0.1) is 46.3 Å². The zero-order valence-corrected chi connectivity index (χ0v) is 13.0. The van der Waals surface area contributed by atoms with Gasteiger partial charge in [0.1, 0.15) is 0 Å². The van der Waals surface area contributed by atoms with Gasteiger partial charge in [0.05, 0.1) is 12.0 Å². The molecule has 0 aromatic carbocycles. The van der Waals surface area contributed by atoms with Gasteiger partial charge in [0, 0.05) is 6.42 Å². The molecule has 4 aliphatic rings. The number of nitrogens with zero attached hydrogens (tertiary/aromatic N) is 1. The highest BCUT2D eigenvalue weighted by Gasteiger charge is 2.53. The van der Waals surface area contributed by atoms with Gasteiger partial charge in [-0.1, -0.05) is 18.9 Å². The summed E-state index contributed by atoms with van der Waals surface area (Å²) in [6, 6.07) is 2.47. The molecule has 0 spiro atoms. The molecule has 0 bridgehead atoms. The van der Waals surface area contributed by atoms with Crippen molar-refractivity contribution in [3.8, 4) is 6.07 Å². The van der Waals surface area contributed by atoms with Crippen molar-refractivity contribution in [2.75, 3.05) is 0 Å². The van der Waals surface area contributed by atoms with Crippen LogP contribution in [0.15, 0.2) is 11.6 Å². The maximum absolute atomic E-state index is 11.9. The van der Waals surface area contributed by atoms with E-state index in [2.05, 4.69) is 13.0 Å². The summed E-state index contributed by atoms with van der Waals surface area (Å²) in [5, 5.41) is 9.55. The van der Waals surface area contributed by atoms with Gasteiger partial charge in [-0.2, -0.15) is 5.26 Å². The fourth-order valence-electron chi connectivity index (χ4n) is 6.41. The van der Waals surface area contributed by atoms with Gasteiger partial charge in [-0.25, -0.2) is 0 Å². The van der Waals surface area contributed by atoms with E-state index in [1.807, 2.05) is 6.08 Å². The summed E-state index contributed by atoms with van der Waals surface area (Å²) >= 11 is 0. The first-order valence-electron chi connectivity index (χ1n) is 8.75. The number of carbonyl (C=O) groups is 1. The Bertz CT molecular complexity index is 542. The largest absolute Gasteiger partial charge is 0.295 e. The lowest BCUT2D eigenvalue weighted by atomic mass is 9.51. The van der Waals surface area contributed by atoms with Crippen molar-refractivity contribution in [1.82, 2.24) is 0 Å². The molecule has 0 N–H and O–H groups in total. The van der Waals surface area contributed by atoms with E-state index in [9.17, 15) is 10.1 Å². The van der Waals surface area contributed by atoms with Crippen molar-refractivity contribution in [3.63, 3.8) is 0 Å². The molecule has 0 heterocycles. The molecule has 0 saturated heterocycles. The minimum absolute atomic E-state index is 0.0453. The predicted octanol–water partition coefficient (Wildman–Crippen LogP) is 4.27. The SMILES string of the molecule is C[C@@]12CCC[C@H]1[C@@H]1CCC3=CC(=O)CC(C#N)[C@@H]3[C@H]1CC2. The third-order valence-electron chi connectivity index (χ3n) is 7.30. The molecule has 4 aliphatic carbocycles. The van der Waals surface area contributed by atoms with Gasteiger partial charge in [-0.05, 0) is 73.7 Å². The van der Waals surface area contributed by atoms with Crippen LogP contribution in [0.3, 0.4) is 0 Å². The Morgan fingerprint density at radius 2 is 2.10 bits per heavy atom. The van der Waals surface area contributed by atoms with Gasteiger partial charge in [-0.3, -0.25) is 4.79 Å². The lowest BCUT2D eigenvalue weighted by molar-refractivity contribution is -0.116. The van der Waals surface area contributed by atoms with E-state index in [0.717, 1.165) is 18.3 Å². The van der Waals surface area contributed by atoms with Crippen LogP contribution < -0.4 is 0 Å². The number of nitriles is 1. The number of hydrogen-bond acceptors (Lipinski definition) is 2. The molecule has 112 valence electrons. The molecule has 2 nitrogen and oxygen atoms in total. The molecule has 3 saturated carbocycles. The van der Waals surface area contributed by atoms with Crippen LogP contribution in [0.2, 0.25) is 0 Å². The molecule has 2 heteroatoms. The molecule has 0 radical (unpaired) electrons. The van der Waals surface area contributed by atoms with Gasteiger partial charge in [-0.15, -0.1) is 0 Å². The van der Waals surface area contributed by atoms with Gasteiger partial charge in [0.15, 0.2) is 5.78 Å². The normalized spacial score (nSPS) is 48.7. The Kier molecular flexibility index (Phi) is 3.03. The number of hydrogen-bond donors (Lipinski definition) is 0. The van der Waals surface area contributed by atoms with Gasteiger partial charge < -0.3 is 0 Å². The minimum atomic E-state index is -0.0453. The molecule has 1 unspecified atom stereocenters. The molecule has 0 amide bonds. The quantitative estimate of drug-likeness (QED) is 0.666. The zero-order valence-electron chi connectivity index (χ0n) is 13.0. The number of carbonyl (C=O) groups excluding carboxylic acids is 1. The maximum Gasteiger partial charge on any atom is 0.156 e. The molecule has 4 rings (SSSR count). The first-order valence-corrected chi connectivity index (χ1v) is 8.75. The van der Waals surface area contributed by atoms with E-state index in [4.69, 9.17) is 0 Å². The molecular weight excluding hydrogens is 258 g/mol. The Balaban J connectivity index is 1.68. The van der Waals surface area contributed by atoms with Crippen LogP contribution in [-0.2, 0) is 4.79 Å². The maximum atomic E-state index is 11.9. The molecule has 6 atom stereocenters. The lowest BCUT2D eigenvalue weighted by Gasteiger charge is -2.53. The second-order valence-electron chi connectivity index (χ2n) is 8.21. The van der Waals surface area contributed by atoms with Crippen LogP contribution >= 0.6 is 0 Å². The summed E-state index contributed by atoms with van der Waals surface area (Å²) < 4.78 is 0. The first kappa shape index (κ1) is 13.6. The van der Waals surface area contributed by atoms with Crippen LogP contribution in [0.25, 0.3) is 0 Å². The highest BCUT2D eigenvalue weighted by molar-refractivity contribution is 5.92. The zero-order chi connectivity index (χ0) is 14.6. The molecular formula is C19H25NO. The number of allylic oxidation sites excluding steroid dienone is 1.